The maximum Gasteiger partial charge on any atom is 0.261 e. The summed E-state index contributed by atoms with van der Waals surface area (Å²) in [6.45, 7) is 5.93. The molecule has 0 bridgehead atoms. The van der Waals surface area contributed by atoms with Crippen LogP contribution in [0.2, 0.25) is 0 Å². The van der Waals surface area contributed by atoms with Crippen LogP contribution in [0, 0.1) is 6.92 Å². The lowest BCUT2D eigenvalue weighted by atomic mass is 9.97. The molecule has 3 aromatic carbocycles. The standard InChI is InChI=1S/C25H27NO2/c1-4-20-10-8-9-13-23(20)28-19(3)25(27)26-24(21-11-6-5-7-12-21)22-16-14-18(2)15-17-22/h5-17,19,24H,4H2,1-3H3,(H,26,27). The van der Waals surface area contributed by atoms with Gasteiger partial charge in [0.05, 0.1) is 6.04 Å². The van der Waals surface area contributed by atoms with E-state index in [4.69, 9.17) is 4.74 Å². The number of nitrogens with one attached hydrogen (secondary N) is 1. The van der Waals surface area contributed by atoms with Gasteiger partial charge in [-0.05, 0) is 43.0 Å². The van der Waals surface area contributed by atoms with Gasteiger partial charge in [-0.1, -0.05) is 85.3 Å². The molecule has 0 spiro atoms. The van der Waals surface area contributed by atoms with E-state index in [2.05, 4.69) is 43.4 Å². The minimum absolute atomic E-state index is 0.139. The number of rotatable bonds is 7. The minimum atomic E-state index is -0.593. The molecule has 3 rings (SSSR count). The van der Waals surface area contributed by atoms with Crippen LogP contribution >= 0.6 is 0 Å². The summed E-state index contributed by atoms with van der Waals surface area (Å²) in [5.74, 6) is 0.625. The first kappa shape index (κ1) is 19.7. The average Bonchev–Trinajstić information content (AvgIpc) is 2.73. The number of carbonyl (C=O) groups is 1. The van der Waals surface area contributed by atoms with E-state index in [1.807, 2.05) is 54.6 Å². The van der Waals surface area contributed by atoms with Crippen LogP contribution in [0.15, 0.2) is 78.9 Å². The molecule has 0 aromatic heterocycles. The maximum absolute atomic E-state index is 12.9. The lowest BCUT2D eigenvalue weighted by Gasteiger charge is -2.23. The number of benzene rings is 3. The van der Waals surface area contributed by atoms with E-state index < -0.39 is 6.10 Å². The molecule has 1 N–H and O–H groups in total. The fraction of sp³-hybridized carbons (Fsp3) is 0.240. The zero-order valence-electron chi connectivity index (χ0n) is 16.7. The van der Waals surface area contributed by atoms with Crippen LogP contribution < -0.4 is 10.1 Å². The topological polar surface area (TPSA) is 38.3 Å². The van der Waals surface area contributed by atoms with Gasteiger partial charge in [-0.25, -0.2) is 0 Å². The summed E-state index contributed by atoms with van der Waals surface area (Å²) in [5, 5.41) is 3.16. The number of carbonyl (C=O) groups excluding carboxylic acids is 1. The molecular weight excluding hydrogens is 346 g/mol. The fourth-order valence-electron chi connectivity index (χ4n) is 3.18. The van der Waals surface area contributed by atoms with Crippen molar-refractivity contribution in [2.45, 2.75) is 39.3 Å². The number of hydrogen-bond donors (Lipinski definition) is 1. The first-order chi connectivity index (χ1) is 13.6. The van der Waals surface area contributed by atoms with E-state index in [9.17, 15) is 4.79 Å². The molecule has 3 heteroatoms. The van der Waals surface area contributed by atoms with E-state index in [0.717, 1.165) is 28.9 Å². The molecule has 0 heterocycles. The molecule has 2 unspecified atom stereocenters. The Morgan fingerprint density at radius 3 is 2.18 bits per heavy atom. The normalized spacial score (nSPS) is 12.8. The molecule has 0 aliphatic carbocycles. The molecule has 3 nitrogen and oxygen atoms in total. The van der Waals surface area contributed by atoms with Crippen LogP contribution in [0.1, 0.15) is 42.1 Å². The molecule has 3 aromatic rings. The Bertz CT molecular complexity index is 903. The SMILES string of the molecule is CCc1ccccc1OC(C)C(=O)NC(c1ccccc1)c1ccc(C)cc1. The van der Waals surface area contributed by atoms with Gasteiger partial charge in [0.15, 0.2) is 6.10 Å². The van der Waals surface area contributed by atoms with Gasteiger partial charge in [0, 0.05) is 0 Å². The number of para-hydroxylation sites is 1. The van der Waals surface area contributed by atoms with E-state index in [-0.39, 0.29) is 11.9 Å². The molecule has 144 valence electrons. The van der Waals surface area contributed by atoms with Crippen molar-refractivity contribution >= 4 is 5.91 Å². The summed E-state index contributed by atoms with van der Waals surface area (Å²) in [4.78, 5) is 12.9. The van der Waals surface area contributed by atoms with Gasteiger partial charge in [0.25, 0.3) is 5.91 Å². The van der Waals surface area contributed by atoms with Crippen molar-refractivity contribution in [3.8, 4) is 5.75 Å². The minimum Gasteiger partial charge on any atom is -0.481 e. The Morgan fingerprint density at radius 2 is 1.50 bits per heavy atom. The highest BCUT2D eigenvalue weighted by Crippen LogP contribution is 2.24. The zero-order chi connectivity index (χ0) is 19.9. The molecule has 2 atom stereocenters. The summed E-state index contributed by atoms with van der Waals surface area (Å²) in [6, 6.07) is 25.9. The largest absolute Gasteiger partial charge is 0.481 e. The first-order valence-electron chi connectivity index (χ1n) is 9.75. The fourth-order valence-corrected chi connectivity index (χ4v) is 3.18. The van der Waals surface area contributed by atoms with E-state index in [0.29, 0.717) is 0 Å². The van der Waals surface area contributed by atoms with E-state index >= 15 is 0 Å². The Labute approximate surface area is 167 Å². The third-order valence-corrected chi connectivity index (χ3v) is 4.86. The Kier molecular flexibility index (Phi) is 6.49. The van der Waals surface area contributed by atoms with Crippen molar-refractivity contribution in [3.05, 3.63) is 101 Å². The van der Waals surface area contributed by atoms with Gasteiger partial charge in [0.1, 0.15) is 5.75 Å². The molecule has 0 saturated carbocycles. The second kappa shape index (κ2) is 9.23. The lowest BCUT2D eigenvalue weighted by molar-refractivity contribution is -0.127. The number of amides is 1. The highest BCUT2D eigenvalue weighted by Gasteiger charge is 2.22. The van der Waals surface area contributed by atoms with Crippen LogP contribution in [0.5, 0.6) is 5.75 Å². The quantitative estimate of drug-likeness (QED) is 0.616. The maximum atomic E-state index is 12.9. The van der Waals surface area contributed by atoms with E-state index in [1.54, 1.807) is 6.92 Å². The van der Waals surface area contributed by atoms with Crippen molar-refractivity contribution in [1.82, 2.24) is 5.32 Å². The summed E-state index contributed by atoms with van der Waals surface area (Å²) in [7, 11) is 0. The molecular formula is C25H27NO2. The lowest BCUT2D eigenvalue weighted by Crippen LogP contribution is -2.39. The van der Waals surface area contributed by atoms with Crippen molar-refractivity contribution in [1.29, 1.82) is 0 Å². The molecule has 0 fully saturated rings. The third-order valence-electron chi connectivity index (χ3n) is 4.86. The first-order valence-corrected chi connectivity index (χ1v) is 9.75. The Balaban J connectivity index is 1.80. The number of ether oxygens (including phenoxy) is 1. The van der Waals surface area contributed by atoms with Gasteiger partial charge in [-0.15, -0.1) is 0 Å². The second-order valence-corrected chi connectivity index (χ2v) is 6.98. The molecule has 0 radical (unpaired) electrons. The van der Waals surface area contributed by atoms with Crippen molar-refractivity contribution < 1.29 is 9.53 Å². The van der Waals surface area contributed by atoms with Gasteiger partial charge in [0.2, 0.25) is 0 Å². The molecule has 0 saturated heterocycles. The van der Waals surface area contributed by atoms with Crippen LogP contribution in [0.3, 0.4) is 0 Å². The summed E-state index contributed by atoms with van der Waals surface area (Å²) in [6.07, 6.45) is 0.268. The Hall–Kier alpha value is -3.07. The van der Waals surface area contributed by atoms with Crippen LogP contribution in [0.25, 0.3) is 0 Å². The number of hydrogen-bond acceptors (Lipinski definition) is 2. The monoisotopic (exact) mass is 373 g/mol. The molecule has 0 aliphatic heterocycles. The summed E-state index contributed by atoms with van der Waals surface area (Å²) < 4.78 is 5.98. The highest BCUT2D eigenvalue weighted by atomic mass is 16.5. The third kappa shape index (κ3) is 4.80. The van der Waals surface area contributed by atoms with Crippen LogP contribution in [-0.4, -0.2) is 12.0 Å². The second-order valence-electron chi connectivity index (χ2n) is 6.98. The van der Waals surface area contributed by atoms with Gasteiger partial charge in [-0.2, -0.15) is 0 Å². The van der Waals surface area contributed by atoms with Crippen molar-refractivity contribution in [3.63, 3.8) is 0 Å². The van der Waals surface area contributed by atoms with Crippen molar-refractivity contribution in [2.75, 3.05) is 0 Å². The summed E-state index contributed by atoms with van der Waals surface area (Å²) >= 11 is 0. The predicted molar refractivity (Wildman–Crippen MR) is 114 cm³/mol. The molecule has 28 heavy (non-hydrogen) atoms. The van der Waals surface area contributed by atoms with E-state index in [1.165, 1.54) is 5.56 Å². The van der Waals surface area contributed by atoms with Crippen LogP contribution in [-0.2, 0) is 11.2 Å². The van der Waals surface area contributed by atoms with Gasteiger partial charge >= 0.3 is 0 Å². The average molecular weight is 373 g/mol. The van der Waals surface area contributed by atoms with Crippen LogP contribution in [0.4, 0.5) is 0 Å². The number of aryl methyl sites for hydroxylation is 2. The Morgan fingerprint density at radius 1 is 0.893 bits per heavy atom. The highest BCUT2D eigenvalue weighted by molar-refractivity contribution is 5.81. The smallest absolute Gasteiger partial charge is 0.261 e. The van der Waals surface area contributed by atoms with Gasteiger partial charge in [-0.3, -0.25) is 4.79 Å². The zero-order valence-corrected chi connectivity index (χ0v) is 16.7. The predicted octanol–water partition coefficient (Wildman–Crippen LogP) is 5.23. The van der Waals surface area contributed by atoms with Crippen molar-refractivity contribution in [2.24, 2.45) is 0 Å². The molecule has 0 aliphatic rings. The van der Waals surface area contributed by atoms with Gasteiger partial charge < -0.3 is 10.1 Å². The summed E-state index contributed by atoms with van der Waals surface area (Å²) in [5.41, 5.74) is 4.38. The molecule has 1 amide bonds.